The van der Waals surface area contributed by atoms with E-state index in [1.165, 1.54) is 6.07 Å². The van der Waals surface area contributed by atoms with E-state index in [1.54, 1.807) is 12.1 Å². The monoisotopic (exact) mass is 335 g/mol. The van der Waals surface area contributed by atoms with Gasteiger partial charge in [0.25, 0.3) is 0 Å². The second-order valence-corrected chi connectivity index (χ2v) is 6.54. The minimum atomic E-state index is -0.527. The Hall–Kier alpha value is -1.72. The smallest absolute Gasteiger partial charge is 0.129 e. The summed E-state index contributed by atoms with van der Waals surface area (Å²) in [6.45, 7) is 2.64. The third-order valence-corrected chi connectivity index (χ3v) is 4.69. The van der Waals surface area contributed by atoms with E-state index in [-0.39, 0.29) is 6.61 Å². The van der Waals surface area contributed by atoms with Gasteiger partial charge < -0.3 is 9.52 Å². The second-order valence-electron chi connectivity index (χ2n) is 6.54. The molecule has 0 saturated carbocycles. The largest absolute Gasteiger partial charge is 0.462 e. The van der Waals surface area contributed by atoms with Crippen LogP contribution in [0.5, 0.6) is 0 Å². The molecular formula is C19H23F2NO2. The van der Waals surface area contributed by atoms with Gasteiger partial charge in [-0.25, -0.2) is 8.78 Å². The Balaban J connectivity index is 1.51. The van der Waals surface area contributed by atoms with Crippen LogP contribution >= 0.6 is 0 Å². The van der Waals surface area contributed by atoms with Crippen LogP contribution in [0.1, 0.15) is 36.3 Å². The predicted octanol–water partition coefficient (Wildman–Crippen LogP) is 3.89. The van der Waals surface area contributed by atoms with E-state index in [1.807, 2.05) is 6.07 Å². The zero-order valence-corrected chi connectivity index (χ0v) is 13.7. The minimum Gasteiger partial charge on any atom is -0.462 e. The summed E-state index contributed by atoms with van der Waals surface area (Å²) in [4.78, 5) is 2.34. The van der Waals surface area contributed by atoms with Gasteiger partial charge in [0.1, 0.15) is 29.8 Å². The molecule has 0 spiro atoms. The van der Waals surface area contributed by atoms with E-state index in [0.29, 0.717) is 23.7 Å². The summed E-state index contributed by atoms with van der Waals surface area (Å²) in [7, 11) is 0. The Bertz CT molecular complexity index is 671. The van der Waals surface area contributed by atoms with Crippen molar-refractivity contribution in [3.05, 3.63) is 59.1 Å². The van der Waals surface area contributed by atoms with Gasteiger partial charge in [0.05, 0.1) is 6.54 Å². The zero-order chi connectivity index (χ0) is 16.9. The first-order valence-corrected chi connectivity index (χ1v) is 8.49. The van der Waals surface area contributed by atoms with Crippen molar-refractivity contribution in [2.45, 2.75) is 38.8 Å². The Kier molecular flexibility index (Phi) is 5.63. The molecule has 1 fully saturated rings. The second kappa shape index (κ2) is 7.90. The van der Waals surface area contributed by atoms with Crippen molar-refractivity contribution in [3.8, 4) is 0 Å². The number of aliphatic hydroxyl groups is 1. The van der Waals surface area contributed by atoms with Gasteiger partial charge >= 0.3 is 0 Å². The lowest BCUT2D eigenvalue weighted by Crippen LogP contribution is -2.35. The van der Waals surface area contributed by atoms with Crippen molar-refractivity contribution < 1.29 is 18.3 Å². The topological polar surface area (TPSA) is 36.6 Å². The number of aryl methyl sites for hydroxylation is 1. The van der Waals surface area contributed by atoms with E-state index in [9.17, 15) is 8.78 Å². The van der Waals surface area contributed by atoms with Gasteiger partial charge in [-0.15, -0.1) is 0 Å². The van der Waals surface area contributed by atoms with Crippen LogP contribution in [-0.4, -0.2) is 23.1 Å². The molecule has 1 aliphatic heterocycles. The number of hydrogen-bond donors (Lipinski definition) is 1. The van der Waals surface area contributed by atoms with Crippen molar-refractivity contribution in [1.82, 2.24) is 4.90 Å². The maximum absolute atomic E-state index is 13.7. The Labute approximate surface area is 140 Å². The number of rotatable bonds is 6. The average molecular weight is 335 g/mol. The number of likely N-dealkylation sites (tertiary alicyclic amines) is 1. The zero-order valence-electron chi connectivity index (χ0n) is 13.7. The van der Waals surface area contributed by atoms with Gasteiger partial charge in [0.15, 0.2) is 0 Å². The third-order valence-electron chi connectivity index (χ3n) is 4.69. The molecule has 1 aromatic carbocycles. The summed E-state index contributed by atoms with van der Waals surface area (Å²) >= 11 is 0. The number of nitrogens with zero attached hydrogens (tertiary/aromatic N) is 1. The first kappa shape index (κ1) is 17.1. The fourth-order valence-electron chi connectivity index (χ4n) is 3.43. The van der Waals surface area contributed by atoms with Crippen LogP contribution in [0.4, 0.5) is 8.78 Å². The summed E-state index contributed by atoms with van der Waals surface area (Å²) in [5.74, 6) is 0.987. The standard InChI is InChI=1S/C19H23F2NO2/c20-16-6-5-15(19(21)10-16)4-3-14-2-1-9-22(11-14)12-17-7-8-18(13-23)24-17/h5-8,10,14,23H,1-4,9,11-13H2/t14-/m1/s1. The maximum atomic E-state index is 13.7. The van der Waals surface area contributed by atoms with Gasteiger partial charge in [-0.3, -0.25) is 4.90 Å². The van der Waals surface area contributed by atoms with E-state index >= 15 is 0 Å². The molecule has 0 radical (unpaired) electrons. The maximum Gasteiger partial charge on any atom is 0.129 e. The highest BCUT2D eigenvalue weighted by Gasteiger charge is 2.21. The quantitative estimate of drug-likeness (QED) is 0.870. The normalized spacial score (nSPS) is 18.9. The number of piperidine rings is 1. The molecule has 0 unspecified atom stereocenters. The molecule has 1 saturated heterocycles. The van der Waals surface area contributed by atoms with Crippen LogP contribution in [0.3, 0.4) is 0 Å². The molecule has 0 bridgehead atoms. The molecule has 0 amide bonds. The molecule has 2 aromatic rings. The number of furan rings is 1. The van der Waals surface area contributed by atoms with Crippen LogP contribution in [0.2, 0.25) is 0 Å². The first-order chi connectivity index (χ1) is 11.6. The van der Waals surface area contributed by atoms with Crippen molar-refractivity contribution in [2.75, 3.05) is 13.1 Å². The SMILES string of the molecule is OCc1ccc(CN2CCC[C@H](CCc3ccc(F)cc3F)C2)o1. The fraction of sp³-hybridized carbons (Fsp3) is 0.474. The lowest BCUT2D eigenvalue weighted by molar-refractivity contribution is 0.148. The van der Waals surface area contributed by atoms with Crippen LogP contribution in [0, 0.1) is 17.6 Å². The molecule has 1 aromatic heterocycles. The summed E-state index contributed by atoms with van der Waals surface area (Å²) < 4.78 is 32.2. The number of benzene rings is 1. The summed E-state index contributed by atoms with van der Waals surface area (Å²) in [6.07, 6.45) is 3.79. The van der Waals surface area contributed by atoms with Crippen LogP contribution < -0.4 is 0 Å². The summed E-state index contributed by atoms with van der Waals surface area (Å²) in [5.41, 5.74) is 0.590. The van der Waals surface area contributed by atoms with Gasteiger partial charge in [-0.05, 0) is 61.9 Å². The molecule has 5 heteroatoms. The predicted molar refractivity (Wildman–Crippen MR) is 87.3 cm³/mol. The van der Waals surface area contributed by atoms with Crippen LogP contribution in [0.25, 0.3) is 0 Å². The van der Waals surface area contributed by atoms with E-state index in [2.05, 4.69) is 4.90 Å². The highest BCUT2D eigenvalue weighted by molar-refractivity contribution is 5.18. The van der Waals surface area contributed by atoms with E-state index in [4.69, 9.17) is 9.52 Å². The van der Waals surface area contributed by atoms with Crippen molar-refractivity contribution in [2.24, 2.45) is 5.92 Å². The van der Waals surface area contributed by atoms with Gasteiger partial charge in [-0.2, -0.15) is 0 Å². The average Bonchev–Trinajstić information content (AvgIpc) is 3.02. The van der Waals surface area contributed by atoms with Crippen molar-refractivity contribution >= 4 is 0 Å². The molecule has 0 aliphatic carbocycles. The Morgan fingerprint density at radius 1 is 1.17 bits per heavy atom. The fourth-order valence-corrected chi connectivity index (χ4v) is 3.43. The number of hydrogen-bond acceptors (Lipinski definition) is 3. The highest BCUT2D eigenvalue weighted by atomic mass is 19.1. The molecular weight excluding hydrogens is 312 g/mol. The minimum absolute atomic E-state index is 0.0775. The van der Waals surface area contributed by atoms with Gasteiger partial charge in [0.2, 0.25) is 0 Å². The van der Waals surface area contributed by atoms with Crippen LogP contribution in [0.15, 0.2) is 34.7 Å². The van der Waals surface area contributed by atoms with E-state index < -0.39 is 11.6 Å². The van der Waals surface area contributed by atoms with Gasteiger partial charge in [0, 0.05) is 12.6 Å². The molecule has 1 aliphatic rings. The molecule has 2 heterocycles. The highest BCUT2D eigenvalue weighted by Crippen LogP contribution is 2.24. The molecule has 1 atom stereocenters. The van der Waals surface area contributed by atoms with Crippen molar-refractivity contribution in [3.63, 3.8) is 0 Å². The lowest BCUT2D eigenvalue weighted by atomic mass is 9.91. The van der Waals surface area contributed by atoms with Crippen molar-refractivity contribution in [1.29, 1.82) is 0 Å². The first-order valence-electron chi connectivity index (χ1n) is 8.49. The number of halogens is 2. The molecule has 1 N–H and O–H groups in total. The summed E-state index contributed by atoms with van der Waals surface area (Å²) in [5, 5.41) is 9.06. The number of aliphatic hydroxyl groups excluding tert-OH is 1. The Morgan fingerprint density at radius 3 is 2.75 bits per heavy atom. The van der Waals surface area contributed by atoms with E-state index in [0.717, 1.165) is 50.7 Å². The molecule has 24 heavy (non-hydrogen) atoms. The third kappa shape index (κ3) is 4.42. The lowest BCUT2D eigenvalue weighted by Gasteiger charge is -2.32. The summed E-state index contributed by atoms with van der Waals surface area (Å²) in [6, 6.07) is 7.53. The molecule has 3 nitrogen and oxygen atoms in total. The molecule has 3 rings (SSSR count). The molecule has 130 valence electrons. The van der Waals surface area contributed by atoms with Gasteiger partial charge in [-0.1, -0.05) is 6.07 Å². The van der Waals surface area contributed by atoms with Crippen LogP contribution in [-0.2, 0) is 19.6 Å². The Morgan fingerprint density at radius 2 is 2.00 bits per heavy atom.